The van der Waals surface area contributed by atoms with Crippen molar-refractivity contribution in [1.29, 1.82) is 0 Å². The molecule has 8 heteroatoms. The third-order valence-corrected chi connectivity index (χ3v) is 7.28. The molecule has 0 aromatic heterocycles. The summed E-state index contributed by atoms with van der Waals surface area (Å²) in [5, 5.41) is 11.5. The summed E-state index contributed by atoms with van der Waals surface area (Å²) in [7, 11) is 0. The minimum atomic E-state index is -0.416. The number of rotatable bonds is 8. The highest BCUT2D eigenvalue weighted by Crippen LogP contribution is 2.37. The maximum Gasteiger partial charge on any atom is 0.269 e. The summed E-state index contributed by atoms with van der Waals surface area (Å²) < 4.78 is 5.53. The first kappa shape index (κ1) is 26.3. The van der Waals surface area contributed by atoms with Crippen molar-refractivity contribution in [2.75, 3.05) is 11.5 Å². The van der Waals surface area contributed by atoms with Gasteiger partial charge in [0.15, 0.2) is 0 Å². The fourth-order valence-electron chi connectivity index (χ4n) is 4.15. The summed E-state index contributed by atoms with van der Waals surface area (Å²) >= 11 is 7.61. The van der Waals surface area contributed by atoms with Crippen molar-refractivity contribution in [3.63, 3.8) is 0 Å². The van der Waals surface area contributed by atoms with Gasteiger partial charge in [-0.05, 0) is 90.9 Å². The molecule has 0 N–H and O–H groups in total. The zero-order valence-corrected chi connectivity index (χ0v) is 22.5. The average molecular weight is 555 g/mol. The molecule has 1 heterocycles. The fourth-order valence-corrected chi connectivity index (χ4v) is 5.09. The molecule has 0 fully saturated rings. The molecule has 0 spiro atoms. The van der Waals surface area contributed by atoms with Gasteiger partial charge in [-0.3, -0.25) is 19.8 Å². The van der Waals surface area contributed by atoms with Gasteiger partial charge in [-0.2, -0.15) is 0 Å². The smallest absolute Gasteiger partial charge is 0.269 e. The number of hydrogen-bond donors (Lipinski definition) is 0. The fraction of sp³-hybridized carbons (Fsp3) is 0.0645. The Bertz CT molecular complexity index is 1560. The van der Waals surface area contributed by atoms with Gasteiger partial charge in [-0.25, -0.2) is 0 Å². The first-order valence-corrected chi connectivity index (χ1v) is 13.4. The third kappa shape index (κ3) is 6.06. The Morgan fingerprint density at radius 3 is 2.10 bits per heavy atom. The molecule has 1 aliphatic rings. The van der Waals surface area contributed by atoms with Crippen LogP contribution >= 0.6 is 23.4 Å². The molecule has 6 nitrogen and oxygen atoms in total. The van der Waals surface area contributed by atoms with Crippen molar-refractivity contribution in [1.82, 2.24) is 0 Å². The highest BCUT2D eigenvalue weighted by atomic mass is 35.5. The second kappa shape index (κ2) is 11.6. The molecular weight excluding hydrogens is 532 g/mol. The minimum Gasteiger partial charge on any atom is -0.494 e. The molecule has 4 aromatic rings. The van der Waals surface area contributed by atoms with Gasteiger partial charge in [0.2, 0.25) is 0 Å². The first-order chi connectivity index (χ1) is 18.9. The van der Waals surface area contributed by atoms with E-state index in [-0.39, 0.29) is 11.6 Å². The SMILES string of the molecule is CCOc1ccc(/C=C2\C=C(c3ccc(Cl)cc3)N(c3ccc(Sc4ccc([N+](=O)[O-])cc4)cc3)C2=O)cc1. The van der Waals surface area contributed by atoms with E-state index in [1.807, 2.05) is 79.7 Å². The van der Waals surface area contributed by atoms with Crippen LogP contribution in [0.2, 0.25) is 5.02 Å². The van der Waals surface area contributed by atoms with Gasteiger partial charge in [0.1, 0.15) is 5.75 Å². The number of non-ortho nitro benzene ring substituents is 1. The zero-order valence-electron chi connectivity index (χ0n) is 20.9. The number of halogens is 1. The Hall–Kier alpha value is -4.33. The van der Waals surface area contributed by atoms with Gasteiger partial charge < -0.3 is 4.74 Å². The quantitative estimate of drug-likeness (QED) is 0.124. The van der Waals surface area contributed by atoms with Gasteiger partial charge in [0.05, 0.1) is 17.2 Å². The maximum absolute atomic E-state index is 13.7. The number of carbonyl (C=O) groups excluding carboxylic acids is 1. The highest BCUT2D eigenvalue weighted by molar-refractivity contribution is 7.99. The lowest BCUT2D eigenvalue weighted by Crippen LogP contribution is -2.24. The van der Waals surface area contributed by atoms with E-state index in [1.165, 1.54) is 23.9 Å². The minimum absolute atomic E-state index is 0.0536. The van der Waals surface area contributed by atoms with E-state index in [0.29, 0.717) is 17.2 Å². The molecule has 194 valence electrons. The largest absolute Gasteiger partial charge is 0.494 e. The molecular formula is C31H23ClN2O4S. The number of nitro benzene ring substituents is 1. The molecule has 0 bridgehead atoms. The molecule has 5 rings (SSSR count). The van der Waals surface area contributed by atoms with Crippen molar-refractivity contribution in [2.24, 2.45) is 0 Å². The molecule has 4 aromatic carbocycles. The Morgan fingerprint density at radius 2 is 1.51 bits per heavy atom. The lowest BCUT2D eigenvalue weighted by molar-refractivity contribution is -0.384. The molecule has 0 saturated heterocycles. The number of hydrogen-bond acceptors (Lipinski definition) is 5. The monoisotopic (exact) mass is 554 g/mol. The van der Waals surface area contributed by atoms with Crippen LogP contribution in [0.1, 0.15) is 18.1 Å². The Morgan fingerprint density at radius 1 is 0.897 bits per heavy atom. The molecule has 1 amide bonds. The van der Waals surface area contributed by atoms with E-state index < -0.39 is 4.92 Å². The van der Waals surface area contributed by atoms with Crippen LogP contribution in [0.4, 0.5) is 11.4 Å². The summed E-state index contributed by atoms with van der Waals surface area (Å²) in [5.74, 6) is 0.646. The van der Waals surface area contributed by atoms with Crippen molar-refractivity contribution in [2.45, 2.75) is 16.7 Å². The van der Waals surface area contributed by atoms with Crippen molar-refractivity contribution < 1.29 is 14.5 Å². The molecule has 0 unspecified atom stereocenters. The van der Waals surface area contributed by atoms with Gasteiger partial charge >= 0.3 is 0 Å². The summed E-state index contributed by atoms with van der Waals surface area (Å²) in [6, 6.07) is 29.1. The molecule has 0 atom stereocenters. The number of nitro groups is 1. The van der Waals surface area contributed by atoms with Crippen molar-refractivity contribution >= 4 is 52.4 Å². The first-order valence-electron chi connectivity index (χ1n) is 12.2. The van der Waals surface area contributed by atoms with Crippen LogP contribution in [0, 0.1) is 10.1 Å². The van der Waals surface area contributed by atoms with Gasteiger partial charge in [-0.15, -0.1) is 0 Å². The topological polar surface area (TPSA) is 72.7 Å². The van der Waals surface area contributed by atoms with Gasteiger partial charge in [-0.1, -0.05) is 47.6 Å². The summed E-state index contributed by atoms with van der Waals surface area (Å²) in [6.07, 6.45) is 3.76. The van der Waals surface area contributed by atoms with E-state index in [2.05, 4.69) is 0 Å². The van der Waals surface area contributed by atoms with Crippen LogP contribution in [-0.4, -0.2) is 17.4 Å². The molecule has 0 aliphatic carbocycles. The van der Waals surface area contributed by atoms with Crippen LogP contribution in [0.15, 0.2) is 119 Å². The Kier molecular flexibility index (Phi) is 7.81. The number of benzene rings is 4. The second-order valence-electron chi connectivity index (χ2n) is 8.63. The van der Waals surface area contributed by atoms with Crippen LogP contribution < -0.4 is 9.64 Å². The summed E-state index contributed by atoms with van der Waals surface area (Å²) in [4.78, 5) is 27.7. The predicted octanol–water partition coefficient (Wildman–Crippen LogP) is 8.27. The van der Waals surface area contributed by atoms with E-state index in [0.717, 1.165) is 38.1 Å². The number of amides is 1. The van der Waals surface area contributed by atoms with E-state index in [1.54, 1.807) is 29.2 Å². The summed E-state index contributed by atoms with van der Waals surface area (Å²) in [5.41, 5.74) is 3.86. The zero-order chi connectivity index (χ0) is 27.4. The Balaban J connectivity index is 1.43. The van der Waals surface area contributed by atoms with Gasteiger partial charge in [0.25, 0.3) is 11.6 Å². The third-order valence-electron chi connectivity index (χ3n) is 6.01. The highest BCUT2D eigenvalue weighted by Gasteiger charge is 2.30. The standard InChI is InChI=1S/C31H23ClN2O4S/c1-2-38-27-13-3-21(4-14-27)19-23-20-30(22-5-7-24(32)8-6-22)33(31(23)35)25-9-15-28(16-10-25)39-29-17-11-26(12-18-29)34(36)37/h3-20H,2H2,1H3/b23-19+. The predicted molar refractivity (Wildman–Crippen MR) is 156 cm³/mol. The van der Waals surface area contributed by atoms with Crippen LogP contribution in [0.3, 0.4) is 0 Å². The average Bonchev–Trinajstić information content (AvgIpc) is 3.26. The van der Waals surface area contributed by atoms with Crippen LogP contribution in [0.25, 0.3) is 11.8 Å². The maximum atomic E-state index is 13.7. The Labute approximate surface area is 235 Å². The molecule has 1 aliphatic heterocycles. The number of anilines is 1. The molecule has 0 radical (unpaired) electrons. The second-order valence-corrected chi connectivity index (χ2v) is 10.2. The van der Waals surface area contributed by atoms with Crippen molar-refractivity contribution in [3.05, 3.63) is 135 Å². The molecule has 0 saturated carbocycles. The van der Waals surface area contributed by atoms with E-state index in [9.17, 15) is 14.9 Å². The summed E-state index contributed by atoms with van der Waals surface area (Å²) in [6.45, 7) is 2.53. The molecule has 39 heavy (non-hydrogen) atoms. The lowest BCUT2D eigenvalue weighted by atomic mass is 10.1. The number of nitrogens with zero attached hydrogens (tertiary/aromatic N) is 2. The van der Waals surface area contributed by atoms with Crippen molar-refractivity contribution in [3.8, 4) is 5.75 Å². The van der Waals surface area contributed by atoms with Gasteiger partial charge in [0, 0.05) is 38.2 Å². The number of carbonyl (C=O) groups is 1. The normalized spacial score (nSPS) is 14.0. The van der Waals surface area contributed by atoms with E-state index in [4.69, 9.17) is 16.3 Å². The van der Waals surface area contributed by atoms with Crippen LogP contribution in [0.5, 0.6) is 5.75 Å². The van der Waals surface area contributed by atoms with Crippen LogP contribution in [-0.2, 0) is 4.79 Å². The van der Waals surface area contributed by atoms with E-state index >= 15 is 0 Å². The number of ether oxygens (including phenoxy) is 1. The lowest BCUT2D eigenvalue weighted by Gasteiger charge is -2.21.